The van der Waals surface area contributed by atoms with Crippen molar-refractivity contribution < 1.29 is 13.2 Å². The lowest BCUT2D eigenvalue weighted by atomic mass is 9.97. The normalized spacial score (nSPS) is 15.5. The van der Waals surface area contributed by atoms with Gasteiger partial charge in [0.05, 0.1) is 12.1 Å². The molecule has 0 radical (unpaired) electrons. The average Bonchev–Trinajstić information content (AvgIpc) is 3.33. The van der Waals surface area contributed by atoms with Crippen molar-refractivity contribution in [1.29, 1.82) is 0 Å². The minimum atomic E-state index is -3.44. The van der Waals surface area contributed by atoms with E-state index in [1.165, 1.54) is 4.31 Å². The van der Waals surface area contributed by atoms with Gasteiger partial charge in [-0.15, -0.1) is 0 Å². The predicted molar refractivity (Wildman–Crippen MR) is 124 cm³/mol. The number of rotatable bonds is 7. The molecule has 1 saturated heterocycles. The Morgan fingerprint density at radius 3 is 2.50 bits per heavy atom. The highest BCUT2D eigenvalue weighted by atomic mass is 35.5. The molecule has 32 heavy (non-hydrogen) atoms. The number of nitrogens with one attached hydrogen (secondary N) is 1. The molecule has 168 valence electrons. The molecule has 1 aliphatic rings. The molecule has 2 heterocycles. The second-order valence-corrected chi connectivity index (χ2v) is 10.3. The van der Waals surface area contributed by atoms with Crippen molar-refractivity contribution in [3.05, 3.63) is 83.4 Å². The lowest BCUT2D eigenvalue weighted by Crippen LogP contribution is -2.43. The Hall–Kier alpha value is -2.68. The molecule has 0 spiro atoms. The first-order valence-corrected chi connectivity index (χ1v) is 12.5. The molecule has 0 bridgehead atoms. The van der Waals surface area contributed by atoms with Crippen molar-refractivity contribution in [2.45, 2.75) is 25.1 Å². The number of benzene rings is 2. The van der Waals surface area contributed by atoms with Crippen LogP contribution < -0.4 is 5.32 Å². The summed E-state index contributed by atoms with van der Waals surface area (Å²) < 4.78 is 28.9. The quantitative estimate of drug-likeness (QED) is 0.571. The van der Waals surface area contributed by atoms with Crippen LogP contribution in [-0.4, -0.2) is 41.3 Å². The summed E-state index contributed by atoms with van der Waals surface area (Å²) in [4.78, 5) is 16.6. The van der Waals surface area contributed by atoms with Crippen molar-refractivity contribution in [2.75, 3.05) is 13.1 Å². The van der Waals surface area contributed by atoms with Gasteiger partial charge in [-0.3, -0.25) is 4.79 Å². The van der Waals surface area contributed by atoms with E-state index in [1.54, 1.807) is 36.8 Å². The molecule has 1 aromatic heterocycles. The van der Waals surface area contributed by atoms with Crippen LogP contribution in [0.3, 0.4) is 0 Å². The summed E-state index contributed by atoms with van der Waals surface area (Å²) in [6.07, 6.45) is 6.36. The highest BCUT2D eigenvalue weighted by Gasteiger charge is 2.31. The number of piperidine rings is 1. The van der Waals surface area contributed by atoms with E-state index < -0.39 is 10.0 Å². The number of imidazole rings is 1. The maximum Gasteiger partial charge on any atom is 0.223 e. The van der Waals surface area contributed by atoms with Gasteiger partial charge in [-0.2, -0.15) is 0 Å². The van der Waals surface area contributed by atoms with Gasteiger partial charge in [0, 0.05) is 48.7 Å². The number of hydrogen-bond donors (Lipinski definition) is 1. The fourth-order valence-electron chi connectivity index (χ4n) is 3.86. The SMILES string of the molecule is O=C(NCc1ccc(-n2ccnc2)cc1)C1CCN(S(=O)(=O)Cc2cccc(Cl)c2)CC1. The molecule has 0 saturated carbocycles. The first kappa shape index (κ1) is 22.5. The van der Waals surface area contributed by atoms with E-state index in [1.807, 2.05) is 35.0 Å². The third-order valence-electron chi connectivity index (χ3n) is 5.66. The van der Waals surface area contributed by atoms with Crippen LogP contribution in [0.1, 0.15) is 24.0 Å². The molecule has 1 N–H and O–H groups in total. The monoisotopic (exact) mass is 472 g/mol. The first-order chi connectivity index (χ1) is 15.4. The topological polar surface area (TPSA) is 84.3 Å². The summed E-state index contributed by atoms with van der Waals surface area (Å²) in [5.74, 6) is -0.298. The van der Waals surface area contributed by atoms with Crippen LogP contribution in [0.15, 0.2) is 67.3 Å². The van der Waals surface area contributed by atoms with E-state index in [0.29, 0.717) is 43.1 Å². The fourth-order valence-corrected chi connectivity index (χ4v) is 5.62. The minimum Gasteiger partial charge on any atom is -0.352 e. The number of sulfonamides is 1. The average molecular weight is 473 g/mol. The van der Waals surface area contributed by atoms with Crippen molar-refractivity contribution in [1.82, 2.24) is 19.2 Å². The minimum absolute atomic E-state index is 0.0319. The third kappa shape index (κ3) is 5.56. The molecule has 0 aliphatic carbocycles. The molecule has 1 amide bonds. The Morgan fingerprint density at radius 1 is 1.09 bits per heavy atom. The van der Waals surface area contributed by atoms with Crippen LogP contribution in [0.4, 0.5) is 0 Å². The summed E-state index contributed by atoms with van der Waals surface area (Å²) in [6.45, 7) is 1.14. The van der Waals surface area contributed by atoms with Crippen molar-refractivity contribution in [2.24, 2.45) is 5.92 Å². The highest BCUT2D eigenvalue weighted by Crippen LogP contribution is 2.23. The maximum absolute atomic E-state index is 12.7. The third-order valence-corrected chi connectivity index (χ3v) is 7.75. The van der Waals surface area contributed by atoms with Crippen LogP contribution in [-0.2, 0) is 27.1 Å². The molecule has 9 heteroatoms. The van der Waals surface area contributed by atoms with E-state index in [2.05, 4.69) is 10.3 Å². The predicted octanol–water partition coefficient (Wildman–Crippen LogP) is 3.38. The lowest BCUT2D eigenvalue weighted by Gasteiger charge is -2.30. The molecular formula is C23H25ClN4O3S. The summed E-state index contributed by atoms with van der Waals surface area (Å²) in [6, 6.07) is 14.8. The van der Waals surface area contributed by atoms with Crippen LogP contribution in [0, 0.1) is 5.92 Å². The Kier molecular flexibility index (Phi) is 6.93. The van der Waals surface area contributed by atoms with Crippen LogP contribution in [0.2, 0.25) is 5.02 Å². The molecule has 1 aliphatic heterocycles. The summed E-state index contributed by atoms with van der Waals surface area (Å²) in [7, 11) is -3.44. The number of aromatic nitrogens is 2. The Labute approximate surface area is 193 Å². The molecule has 4 rings (SSSR count). The molecule has 7 nitrogen and oxygen atoms in total. The van der Waals surface area contributed by atoms with Gasteiger partial charge in [0.15, 0.2) is 0 Å². The Bertz CT molecular complexity index is 1160. The van der Waals surface area contributed by atoms with Crippen molar-refractivity contribution >= 4 is 27.5 Å². The number of nitrogens with zero attached hydrogens (tertiary/aromatic N) is 3. The summed E-state index contributed by atoms with van der Waals surface area (Å²) in [5.41, 5.74) is 2.67. The smallest absolute Gasteiger partial charge is 0.223 e. The zero-order valence-electron chi connectivity index (χ0n) is 17.5. The zero-order valence-corrected chi connectivity index (χ0v) is 19.1. The van der Waals surface area contributed by atoms with Crippen molar-refractivity contribution in [3.63, 3.8) is 0 Å². The number of halogens is 1. The Balaban J connectivity index is 1.26. The van der Waals surface area contributed by atoms with Gasteiger partial charge in [-0.25, -0.2) is 17.7 Å². The largest absolute Gasteiger partial charge is 0.352 e. The standard InChI is InChI=1S/C23H25ClN4O3S/c24-21-3-1-2-19(14-21)16-32(30,31)28-11-8-20(9-12-28)23(29)26-15-18-4-6-22(7-5-18)27-13-10-25-17-27/h1-7,10,13-14,17,20H,8-9,11-12,15-16H2,(H,26,29). The van der Waals surface area contributed by atoms with E-state index in [9.17, 15) is 13.2 Å². The zero-order chi connectivity index (χ0) is 22.6. The fraction of sp³-hybridized carbons (Fsp3) is 0.304. The molecular weight excluding hydrogens is 448 g/mol. The second-order valence-electron chi connectivity index (χ2n) is 7.91. The van der Waals surface area contributed by atoms with E-state index >= 15 is 0 Å². The molecule has 0 atom stereocenters. The van der Waals surface area contributed by atoms with Crippen LogP contribution >= 0.6 is 11.6 Å². The second kappa shape index (κ2) is 9.85. The highest BCUT2D eigenvalue weighted by molar-refractivity contribution is 7.88. The van der Waals surface area contributed by atoms with Crippen molar-refractivity contribution in [3.8, 4) is 5.69 Å². The lowest BCUT2D eigenvalue weighted by molar-refractivity contribution is -0.126. The van der Waals surface area contributed by atoms with Gasteiger partial charge >= 0.3 is 0 Å². The van der Waals surface area contributed by atoms with E-state index in [0.717, 1.165) is 11.3 Å². The number of carbonyl (C=O) groups excluding carboxylic acids is 1. The van der Waals surface area contributed by atoms with Gasteiger partial charge in [0.25, 0.3) is 0 Å². The van der Waals surface area contributed by atoms with Gasteiger partial charge in [-0.1, -0.05) is 35.9 Å². The first-order valence-electron chi connectivity index (χ1n) is 10.5. The number of carbonyl (C=O) groups is 1. The Morgan fingerprint density at radius 2 is 1.84 bits per heavy atom. The molecule has 0 unspecified atom stereocenters. The van der Waals surface area contributed by atoms with Gasteiger partial charge in [0.1, 0.15) is 0 Å². The summed E-state index contributed by atoms with van der Waals surface area (Å²) >= 11 is 5.96. The molecule has 3 aromatic rings. The van der Waals surface area contributed by atoms with Gasteiger partial charge < -0.3 is 9.88 Å². The molecule has 1 fully saturated rings. The van der Waals surface area contributed by atoms with E-state index in [-0.39, 0.29) is 17.6 Å². The maximum atomic E-state index is 12.7. The van der Waals surface area contributed by atoms with E-state index in [4.69, 9.17) is 11.6 Å². The van der Waals surface area contributed by atoms with Crippen LogP contribution in [0.25, 0.3) is 5.69 Å². The molecule has 2 aromatic carbocycles. The van der Waals surface area contributed by atoms with Gasteiger partial charge in [-0.05, 0) is 48.2 Å². The number of amides is 1. The summed E-state index contributed by atoms with van der Waals surface area (Å²) in [5, 5.41) is 3.50. The van der Waals surface area contributed by atoms with Crippen LogP contribution in [0.5, 0.6) is 0 Å². The van der Waals surface area contributed by atoms with Gasteiger partial charge in [0.2, 0.25) is 15.9 Å². The number of hydrogen-bond acceptors (Lipinski definition) is 4.